The molecule has 2 aromatic carbocycles. The summed E-state index contributed by atoms with van der Waals surface area (Å²) >= 11 is 0. The van der Waals surface area contributed by atoms with Gasteiger partial charge in [0.05, 0.1) is 4.90 Å². The van der Waals surface area contributed by atoms with Crippen LogP contribution in [0.3, 0.4) is 0 Å². The van der Waals surface area contributed by atoms with E-state index in [1.54, 1.807) is 12.1 Å². The van der Waals surface area contributed by atoms with Gasteiger partial charge in [-0.05, 0) is 68.5 Å². The lowest BCUT2D eigenvalue weighted by Crippen LogP contribution is -2.36. The second-order valence-corrected chi connectivity index (χ2v) is 10.2. The molecule has 1 aliphatic heterocycles. The van der Waals surface area contributed by atoms with Gasteiger partial charge in [-0.2, -0.15) is 4.31 Å². The number of nitrogens with one attached hydrogen (secondary N) is 2. The summed E-state index contributed by atoms with van der Waals surface area (Å²) in [6.07, 6.45) is 3.86. The van der Waals surface area contributed by atoms with E-state index in [-0.39, 0.29) is 22.8 Å². The highest BCUT2D eigenvalue weighted by Gasteiger charge is 2.28. The molecule has 2 aromatic rings. The molecule has 176 valence electrons. The van der Waals surface area contributed by atoms with E-state index in [9.17, 15) is 18.0 Å². The Kier molecular flexibility index (Phi) is 8.41. The maximum atomic E-state index is 13.1. The van der Waals surface area contributed by atoms with Gasteiger partial charge < -0.3 is 10.6 Å². The molecular weight excluding hydrogens is 438 g/mol. The first-order valence-electron chi connectivity index (χ1n) is 11.2. The van der Waals surface area contributed by atoms with E-state index in [0.717, 1.165) is 12.0 Å². The molecule has 0 spiro atoms. The van der Waals surface area contributed by atoms with Crippen molar-refractivity contribution in [3.05, 3.63) is 77.9 Å². The third kappa shape index (κ3) is 6.76. The highest BCUT2D eigenvalue weighted by atomic mass is 32.2. The van der Waals surface area contributed by atoms with Gasteiger partial charge in [0.1, 0.15) is 0 Å². The zero-order chi connectivity index (χ0) is 23.8. The number of nitrogens with zero attached hydrogens (tertiary/aromatic N) is 1. The minimum absolute atomic E-state index is 0.0680. The minimum Gasteiger partial charge on any atom is -0.352 e. The summed E-state index contributed by atoms with van der Waals surface area (Å²) in [5.41, 5.74) is 2.75. The summed E-state index contributed by atoms with van der Waals surface area (Å²) in [5.74, 6) is -0.480. The van der Waals surface area contributed by atoms with Gasteiger partial charge in [0.25, 0.3) is 5.91 Å². The number of hydrogen-bond donors (Lipinski definition) is 2. The van der Waals surface area contributed by atoms with Gasteiger partial charge in [-0.15, -0.1) is 0 Å². The Hall–Kier alpha value is -2.97. The molecule has 0 radical (unpaired) electrons. The largest absolute Gasteiger partial charge is 0.352 e. The monoisotopic (exact) mass is 469 g/mol. The first kappa shape index (κ1) is 24.7. The molecule has 2 amide bonds. The lowest BCUT2D eigenvalue weighted by atomic mass is 10.1. The Morgan fingerprint density at radius 2 is 1.88 bits per heavy atom. The van der Waals surface area contributed by atoms with E-state index in [2.05, 4.69) is 23.3 Å². The average Bonchev–Trinajstić information content (AvgIpc) is 3.05. The van der Waals surface area contributed by atoms with Crippen LogP contribution >= 0.6 is 0 Å². The highest BCUT2D eigenvalue weighted by molar-refractivity contribution is 7.89. The van der Waals surface area contributed by atoms with Crippen molar-refractivity contribution < 1.29 is 18.0 Å². The van der Waals surface area contributed by atoms with E-state index in [1.165, 1.54) is 28.1 Å². The van der Waals surface area contributed by atoms with Crippen molar-refractivity contribution in [2.24, 2.45) is 0 Å². The van der Waals surface area contributed by atoms with Gasteiger partial charge >= 0.3 is 0 Å². The van der Waals surface area contributed by atoms with Crippen molar-refractivity contribution in [1.82, 2.24) is 14.9 Å². The molecule has 1 fully saturated rings. The third-order valence-corrected chi connectivity index (χ3v) is 7.67. The van der Waals surface area contributed by atoms with Crippen LogP contribution in [0.4, 0.5) is 0 Å². The second-order valence-electron chi connectivity index (χ2n) is 8.26. The standard InChI is InChI=1S/C25H31N3O4S/c1-3-24(29)27-22-8-5-16-28(17-14-22)33(31,32)23-11-9-21(10-12-23)25(30)26-15-13-20-7-4-6-19(2)18-20/h3-4,6-7,9-12,18,22H,1,5,8,13-17H2,2H3,(H,26,30)(H,27,29). The number of carbonyl (C=O) groups excluding carboxylic acids is 2. The predicted octanol–water partition coefficient (Wildman–Crippen LogP) is 2.81. The summed E-state index contributed by atoms with van der Waals surface area (Å²) in [5, 5.41) is 5.73. The Morgan fingerprint density at radius 1 is 1.12 bits per heavy atom. The molecule has 0 saturated carbocycles. The minimum atomic E-state index is -3.67. The number of rotatable bonds is 8. The Balaban J connectivity index is 1.57. The molecule has 1 atom stereocenters. The summed E-state index contributed by atoms with van der Waals surface area (Å²) < 4.78 is 27.6. The molecule has 3 rings (SSSR count). The Labute approximate surface area is 195 Å². The maximum absolute atomic E-state index is 13.1. The fourth-order valence-corrected chi connectivity index (χ4v) is 5.43. The van der Waals surface area contributed by atoms with Crippen LogP contribution < -0.4 is 10.6 Å². The molecule has 0 aliphatic carbocycles. The van der Waals surface area contributed by atoms with Crippen LogP contribution in [0.25, 0.3) is 0 Å². The highest BCUT2D eigenvalue weighted by Crippen LogP contribution is 2.21. The van der Waals surface area contributed by atoms with E-state index in [1.807, 2.05) is 25.1 Å². The van der Waals surface area contributed by atoms with E-state index in [4.69, 9.17) is 0 Å². The van der Waals surface area contributed by atoms with Crippen LogP contribution in [-0.4, -0.2) is 50.2 Å². The normalized spacial score (nSPS) is 17.1. The number of sulfonamides is 1. The fraction of sp³-hybridized carbons (Fsp3) is 0.360. The molecule has 2 N–H and O–H groups in total. The average molecular weight is 470 g/mol. The van der Waals surface area contributed by atoms with Crippen molar-refractivity contribution in [2.45, 2.75) is 43.5 Å². The Bertz CT molecular complexity index is 1100. The molecule has 7 nitrogen and oxygen atoms in total. The smallest absolute Gasteiger partial charge is 0.251 e. The van der Waals surface area contributed by atoms with Crippen molar-refractivity contribution in [2.75, 3.05) is 19.6 Å². The second kappa shape index (κ2) is 11.2. The molecule has 1 heterocycles. The first-order chi connectivity index (χ1) is 15.8. The zero-order valence-corrected chi connectivity index (χ0v) is 19.7. The van der Waals surface area contributed by atoms with Crippen molar-refractivity contribution in [3.8, 4) is 0 Å². The molecule has 0 bridgehead atoms. The summed E-state index contributed by atoms with van der Waals surface area (Å²) in [4.78, 5) is 24.1. The van der Waals surface area contributed by atoms with E-state index in [0.29, 0.717) is 44.5 Å². The molecule has 1 unspecified atom stereocenters. The van der Waals surface area contributed by atoms with Crippen LogP contribution in [0.15, 0.2) is 66.1 Å². The van der Waals surface area contributed by atoms with E-state index >= 15 is 0 Å². The van der Waals surface area contributed by atoms with Crippen LogP contribution in [0.1, 0.15) is 40.7 Å². The quantitative estimate of drug-likeness (QED) is 0.581. The van der Waals surface area contributed by atoms with Crippen LogP contribution in [-0.2, 0) is 21.2 Å². The maximum Gasteiger partial charge on any atom is 0.251 e. The van der Waals surface area contributed by atoms with Crippen LogP contribution in [0.2, 0.25) is 0 Å². The van der Waals surface area contributed by atoms with Crippen LogP contribution in [0.5, 0.6) is 0 Å². The van der Waals surface area contributed by atoms with Gasteiger partial charge in [0.2, 0.25) is 15.9 Å². The molecule has 1 saturated heterocycles. The molecular formula is C25H31N3O4S. The summed E-state index contributed by atoms with van der Waals surface area (Å²) in [7, 11) is -3.67. The number of carbonyl (C=O) groups is 2. The number of amides is 2. The number of hydrogen-bond acceptors (Lipinski definition) is 4. The van der Waals surface area contributed by atoms with Gasteiger partial charge in [-0.25, -0.2) is 8.42 Å². The SMILES string of the molecule is C=CC(=O)NC1CCCN(S(=O)(=O)c2ccc(C(=O)NCCc3cccc(C)c3)cc2)CC1. The topological polar surface area (TPSA) is 95.6 Å². The fourth-order valence-electron chi connectivity index (χ4n) is 3.93. The molecule has 1 aliphatic rings. The number of benzene rings is 2. The summed E-state index contributed by atoms with van der Waals surface area (Å²) in [6.45, 7) is 6.70. The lowest BCUT2D eigenvalue weighted by molar-refractivity contribution is -0.117. The molecule has 0 aromatic heterocycles. The first-order valence-corrected chi connectivity index (χ1v) is 12.6. The lowest BCUT2D eigenvalue weighted by Gasteiger charge is -2.20. The van der Waals surface area contributed by atoms with Crippen molar-refractivity contribution >= 4 is 21.8 Å². The van der Waals surface area contributed by atoms with Gasteiger partial charge in [-0.3, -0.25) is 9.59 Å². The summed E-state index contributed by atoms with van der Waals surface area (Å²) in [6, 6.07) is 14.1. The van der Waals surface area contributed by atoms with Gasteiger partial charge in [0.15, 0.2) is 0 Å². The predicted molar refractivity (Wildman–Crippen MR) is 128 cm³/mol. The van der Waals surface area contributed by atoms with Crippen molar-refractivity contribution in [3.63, 3.8) is 0 Å². The third-order valence-electron chi connectivity index (χ3n) is 5.75. The van der Waals surface area contributed by atoms with E-state index < -0.39 is 10.0 Å². The zero-order valence-electron chi connectivity index (χ0n) is 18.9. The van der Waals surface area contributed by atoms with Gasteiger partial charge in [-0.1, -0.05) is 36.4 Å². The van der Waals surface area contributed by atoms with Crippen molar-refractivity contribution in [1.29, 1.82) is 0 Å². The Morgan fingerprint density at radius 3 is 2.58 bits per heavy atom. The number of aryl methyl sites for hydroxylation is 1. The van der Waals surface area contributed by atoms with Gasteiger partial charge in [0, 0.05) is 31.2 Å². The van der Waals surface area contributed by atoms with Crippen LogP contribution in [0, 0.1) is 6.92 Å². The molecule has 33 heavy (non-hydrogen) atoms. The molecule has 8 heteroatoms.